The van der Waals surface area contributed by atoms with Crippen molar-refractivity contribution in [2.45, 2.75) is 24.6 Å². The largest absolute Gasteiger partial charge is 0.457 e. The van der Waals surface area contributed by atoms with Crippen molar-refractivity contribution < 1.29 is 31.4 Å². The van der Waals surface area contributed by atoms with E-state index in [0.717, 1.165) is 30.3 Å². The summed E-state index contributed by atoms with van der Waals surface area (Å²) in [6, 6.07) is 7.60. The molecule has 124 valence electrons. The van der Waals surface area contributed by atoms with Crippen molar-refractivity contribution >= 4 is 0 Å². The van der Waals surface area contributed by atoms with Crippen LogP contribution < -0.4 is 0 Å². The van der Waals surface area contributed by atoms with E-state index in [0.29, 0.717) is 11.6 Å². The molecule has 1 unspecified atom stereocenters. The summed E-state index contributed by atoms with van der Waals surface area (Å²) < 4.78 is 80.1. The lowest BCUT2D eigenvalue weighted by molar-refractivity contribution is -0.336. The molecule has 0 heterocycles. The summed E-state index contributed by atoms with van der Waals surface area (Å²) >= 11 is 0. The molecule has 1 atom stereocenters. The molecule has 0 aliphatic rings. The van der Waals surface area contributed by atoms with Crippen LogP contribution in [0.25, 0.3) is 0 Å². The molecule has 2 rings (SSSR count). The van der Waals surface area contributed by atoms with Gasteiger partial charge in [0.05, 0.1) is 0 Å². The van der Waals surface area contributed by atoms with E-state index in [1.807, 2.05) is 0 Å². The molecule has 1 N–H and O–H groups in total. The van der Waals surface area contributed by atoms with Gasteiger partial charge in [0.15, 0.2) is 5.60 Å². The lowest BCUT2D eigenvalue weighted by Gasteiger charge is -2.37. The quantitative estimate of drug-likeness (QED) is 0.816. The molecule has 23 heavy (non-hydrogen) atoms. The van der Waals surface area contributed by atoms with Crippen LogP contribution in [-0.2, 0) is 5.60 Å². The number of aryl methyl sites for hydroxylation is 1. The molecular formula is C16H12F6O. The van der Waals surface area contributed by atoms with E-state index in [1.54, 1.807) is 6.92 Å². The fourth-order valence-electron chi connectivity index (χ4n) is 2.24. The highest BCUT2D eigenvalue weighted by Crippen LogP contribution is 2.51. The SMILES string of the molecule is Cc1ccc(C(O)(c2cccc(F)c2)C(F)(F)C(F)(F)F)cc1. The maximum absolute atomic E-state index is 14.1. The molecule has 0 fully saturated rings. The summed E-state index contributed by atoms with van der Waals surface area (Å²) in [5.41, 5.74) is -4.72. The zero-order chi connectivity index (χ0) is 17.5. The van der Waals surface area contributed by atoms with Crippen molar-refractivity contribution in [1.29, 1.82) is 0 Å². The highest BCUT2D eigenvalue weighted by molar-refractivity contribution is 5.40. The third kappa shape index (κ3) is 2.81. The van der Waals surface area contributed by atoms with Crippen LogP contribution in [0.2, 0.25) is 0 Å². The van der Waals surface area contributed by atoms with Crippen molar-refractivity contribution in [2.75, 3.05) is 0 Å². The summed E-state index contributed by atoms with van der Waals surface area (Å²) in [5, 5.41) is 10.4. The molecule has 1 nitrogen and oxygen atoms in total. The van der Waals surface area contributed by atoms with E-state index in [-0.39, 0.29) is 0 Å². The number of halogens is 6. The van der Waals surface area contributed by atoms with Gasteiger partial charge in [-0.2, -0.15) is 22.0 Å². The van der Waals surface area contributed by atoms with Crippen molar-refractivity contribution in [1.82, 2.24) is 0 Å². The maximum atomic E-state index is 14.1. The van der Waals surface area contributed by atoms with E-state index in [9.17, 15) is 31.4 Å². The van der Waals surface area contributed by atoms with Crippen molar-refractivity contribution in [3.8, 4) is 0 Å². The van der Waals surface area contributed by atoms with E-state index < -0.39 is 34.6 Å². The Bertz CT molecular complexity index is 692. The summed E-state index contributed by atoms with van der Waals surface area (Å²) in [7, 11) is 0. The van der Waals surface area contributed by atoms with Gasteiger partial charge in [-0.15, -0.1) is 0 Å². The smallest absolute Gasteiger partial charge is 0.374 e. The second-order valence-electron chi connectivity index (χ2n) is 5.16. The van der Waals surface area contributed by atoms with Gasteiger partial charge in [-0.1, -0.05) is 42.0 Å². The maximum Gasteiger partial charge on any atom is 0.457 e. The van der Waals surface area contributed by atoms with Gasteiger partial charge in [-0.05, 0) is 30.2 Å². The molecule has 0 radical (unpaired) electrons. The van der Waals surface area contributed by atoms with Crippen molar-refractivity contribution in [3.05, 3.63) is 71.0 Å². The highest BCUT2D eigenvalue weighted by Gasteiger charge is 2.71. The summed E-state index contributed by atoms with van der Waals surface area (Å²) in [4.78, 5) is 0. The third-order valence-electron chi connectivity index (χ3n) is 3.52. The van der Waals surface area contributed by atoms with Gasteiger partial charge in [-0.25, -0.2) is 4.39 Å². The molecule has 0 aromatic heterocycles. The molecule has 0 spiro atoms. The molecule has 0 bridgehead atoms. The first-order chi connectivity index (χ1) is 10.5. The van der Waals surface area contributed by atoms with E-state index in [2.05, 4.69) is 0 Å². The van der Waals surface area contributed by atoms with Crippen LogP contribution in [0.5, 0.6) is 0 Å². The van der Waals surface area contributed by atoms with Gasteiger partial charge in [0.1, 0.15) is 5.82 Å². The van der Waals surface area contributed by atoms with Gasteiger partial charge >= 0.3 is 12.1 Å². The molecule has 7 heteroatoms. The van der Waals surface area contributed by atoms with Gasteiger partial charge in [0.2, 0.25) is 0 Å². The Balaban J connectivity index is 2.77. The van der Waals surface area contributed by atoms with E-state index >= 15 is 0 Å². The van der Waals surface area contributed by atoms with Crippen LogP contribution in [0.1, 0.15) is 16.7 Å². The van der Waals surface area contributed by atoms with Gasteiger partial charge in [0.25, 0.3) is 0 Å². The fraction of sp³-hybridized carbons (Fsp3) is 0.250. The van der Waals surface area contributed by atoms with Gasteiger partial charge < -0.3 is 5.11 Å². The third-order valence-corrected chi connectivity index (χ3v) is 3.52. The molecule has 0 saturated carbocycles. The number of rotatable bonds is 3. The Labute approximate surface area is 128 Å². The summed E-state index contributed by atoms with van der Waals surface area (Å²) in [6.45, 7) is 1.60. The second kappa shape index (κ2) is 5.56. The first-order valence-corrected chi connectivity index (χ1v) is 6.50. The lowest BCUT2D eigenvalue weighted by Crippen LogP contribution is -2.55. The Hall–Kier alpha value is -2.02. The normalized spacial score (nSPS) is 15.3. The Morgan fingerprint density at radius 2 is 1.39 bits per heavy atom. The predicted molar refractivity (Wildman–Crippen MR) is 71.6 cm³/mol. The Kier molecular flexibility index (Phi) is 4.19. The summed E-state index contributed by atoms with van der Waals surface area (Å²) in [5.74, 6) is -6.56. The first kappa shape index (κ1) is 17.3. The molecule has 2 aromatic carbocycles. The van der Waals surface area contributed by atoms with Crippen molar-refractivity contribution in [3.63, 3.8) is 0 Å². The predicted octanol–water partition coefficient (Wildman–Crippen LogP) is 4.57. The van der Waals surface area contributed by atoms with Crippen LogP contribution >= 0.6 is 0 Å². The van der Waals surface area contributed by atoms with Crippen LogP contribution in [0, 0.1) is 12.7 Å². The van der Waals surface area contributed by atoms with Crippen LogP contribution in [0.4, 0.5) is 26.3 Å². The first-order valence-electron chi connectivity index (χ1n) is 6.50. The van der Waals surface area contributed by atoms with Crippen LogP contribution in [0.15, 0.2) is 48.5 Å². The minimum atomic E-state index is -6.03. The average molecular weight is 334 g/mol. The Morgan fingerprint density at radius 3 is 1.87 bits per heavy atom. The number of hydrogen-bond donors (Lipinski definition) is 1. The van der Waals surface area contributed by atoms with Crippen LogP contribution in [0.3, 0.4) is 0 Å². The number of aliphatic hydroxyl groups is 1. The zero-order valence-corrected chi connectivity index (χ0v) is 11.8. The van der Waals surface area contributed by atoms with E-state index in [1.165, 1.54) is 12.1 Å². The second-order valence-corrected chi connectivity index (χ2v) is 5.16. The van der Waals surface area contributed by atoms with E-state index in [4.69, 9.17) is 0 Å². The Morgan fingerprint density at radius 1 is 0.826 bits per heavy atom. The topological polar surface area (TPSA) is 20.2 Å². The molecule has 2 aromatic rings. The minimum absolute atomic E-state index is 0.458. The molecule has 0 aliphatic heterocycles. The number of hydrogen-bond acceptors (Lipinski definition) is 1. The monoisotopic (exact) mass is 334 g/mol. The minimum Gasteiger partial charge on any atom is -0.374 e. The van der Waals surface area contributed by atoms with Crippen molar-refractivity contribution in [2.24, 2.45) is 0 Å². The summed E-state index contributed by atoms with van der Waals surface area (Å²) in [6.07, 6.45) is -6.03. The highest BCUT2D eigenvalue weighted by atomic mass is 19.4. The zero-order valence-electron chi connectivity index (χ0n) is 11.8. The molecule has 0 aliphatic carbocycles. The standard InChI is InChI=1S/C16H12F6O/c1-10-5-7-11(8-6-10)14(23,15(18,19)16(20,21)22)12-3-2-4-13(17)9-12/h2-9,23H,1H3. The molecular weight excluding hydrogens is 322 g/mol. The fourth-order valence-corrected chi connectivity index (χ4v) is 2.24. The lowest BCUT2D eigenvalue weighted by atomic mass is 9.80. The van der Waals surface area contributed by atoms with Gasteiger partial charge in [-0.3, -0.25) is 0 Å². The van der Waals surface area contributed by atoms with Gasteiger partial charge in [0, 0.05) is 0 Å². The van der Waals surface area contributed by atoms with Crippen LogP contribution in [-0.4, -0.2) is 17.2 Å². The molecule has 0 saturated heterocycles. The number of benzene rings is 2. The number of alkyl halides is 5. The molecule has 0 amide bonds. The average Bonchev–Trinajstić information content (AvgIpc) is 2.45.